The molecule has 0 fully saturated rings. The van der Waals surface area contributed by atoms with Crippen molar-refractivity contribution in [2.45, 2.75) is 6.42 Å². The summed E-state index contributed by atoms with van der Waals surface area (Å²) in [7, 11) is 0. The molecule has 44 heavy (non-hydrogen) atoms. The van der Waals surface area contributed by atoms with Crippen LogP contribution in [0.3, 0.4) is 0 Å². The van der Waals surface area contributed by atoms with Gasteiger partial charge in [0.2, 0.25) is 0 Å². The molecule has 1 aliphatic rings. The highest BCUT2D eigenvalue weighted by atomic mass is 32.1. The number of nitrogens with zero attached hydrogens (tertiary/aromatic N) is 3. The molecule has 0 saturated heterocycles. The Hall–Kier alpha value is -5.45. The Kier molecular flexibility index (Phi) is 4.93. The summed E-state index contributed by atoms with van der Waals surface area (Å²) in [5, 5.41) is 6.46. The van der Waals surface area contributed by atoms with Crippen molar-refractivity contribution in [1.82, 2.24) is 14.1 Å². The zero-order valence-corrected chi connectivity index (χ0v) is 24.6. The van der Waals surface area contributed by atoms with Gasteiger partial charge in [0, 0.05) is 54.0 Å². The van der Waals surface area contributed by atoms with Crippen molar-refractivity contribution in [2.24, 2.45) is 0 Å². The Bertz CT molecular complexity index is 2580. The van der Waals surface area contributed by atoms with Crippen LogP contribution < -0.4 is 0 Å². The van der Waals surface area contributed by atoms with E-state index < -0.39 is 0 Å². The maximum atomic E-state index is 5.08. The zero-order valence-electron chi connectivity index (χ0n) is 23.7. The molecule has 206 valence electrons. The van der Waals surface area contributed by atoms with E-state index in [2.05, 4.69) is 143 Å². The molecule has 0 unspecified atom stereocenters. The summed E-state index contributed by atoms with van der Waals surface area (Å²) in [6.07, 6.45) is 5.34. The maximum absolute atomic E-state index is 5.08. The molecule has 0 amide bonds. The second-order valence-corrected chi connectivity index (χ2v) is 12.6. The Labute approximate surface area is 257 Å². The summed E-state index contributed by atoms with van der Waals surface area (Å²) in [6.45, 7) is 0. The predicted octanol–water partition coefficient (Wildman–Crippen LogP) is 10.6. The number of pyridine rings is 1. The third kappa shape index (κ3) is 3.29. The molecule has 1 aliphatic carbocycles. The summed E-state index contributed by atoms with van der Waals surface area (Å²) >= 11 is 1.90. The van der Waals surface area contributed by atoms with Crippen LogP contribution in [-0.4, -0.2) is 14.1 Å². The molecule has 4 heterocycles. The topological polar surface area (TPSA) is 22.8 Å². The van der Waals surface area contributed by atoms with Gasteiger partial charge in [-0.15, -0.1) is 11.3 Å². The van der Waals surface area contributed by atoms with Crippen LogP contribution in [0, 0.1) is 0 Å². The van der Waals surface area contributed by atoms with Crippen LogP contribution in [0.4, 0.5) is 0 Å². The van der Waals surface area contributed by atoms with Crippen molar-refractivity contribution in [2.75, 3.05) is 0 Å². The Balaban J connectivity index is 1.11. The summed E-state index contributed by atoms with van der Waals surface area (Å²) in [4.78, 5) is 5.08. The van der Waals surface area contributed by atoms with E-state index in [1.807, 2.05) is 17.5 Å². The molecule has 0 atom stereocenters. The van der Waals surface area contributed by atoms with Gasteiger partial charge in [-0.05, 0) is 53.6 Å². The van der Waals surface area contributed by atoms with Crippen LogP contribution >= 0.6 is 11.3 Å². The lowest BCUT2D eigenvalue weighted by Gasteiger charge is -2.13. The quantitative estimate of drug-likeness (QED) is 0.204. The van der Waals surface area contributed by atoms with Crippen molar-refractivity contribution < 1.29 is 0 Å². The lowest BCUT2D eigenvalue weighted by Crippen LogP contribution is -2.03. The number of para-hydroxylation sites is 3. The molecule has 4 heteroatoms. The first-order valence-corrected chi connectivity index (χ1v) is 15.8. The fourth-order valence-corrected chi connectivity index (χ4v) is 8.59. The SMILES string of the molecule is C1=C(c2cccc3c2sc2ccccc23)Cc2c1c1ccccc1n2-c1ccc(-n2c3ccccc3c3ccccc32)nc1. The summed E-state index contributed by atoms with van der Waals surface area (Å²) in [5.74, 6) is 0.925. The molecular formula is C40H25N3S. The minimum atomic E-state index is 0.881. The molecule has 4 aromatic heterocycles. The molecule has 10 rings (SSSR count). The van der Waals surface area contributed by atoms with Crippen molar-refractivity contribution in [1.29, 1.82) is 0 Å². The van der Waals surface area contributed by atoms with E-state index in [1.165, 1.54) is 75.3 Å². The number of allylic oxidation sites excluding steroid dienone is 1. The second kappa shape index (κ2) is 9.03. The van der Waals surface area contributed by atoms with Crippen LogP contribution in [0.1, 0.15) is 16.8 Å². The first-order valence-electron chi connectivity index (χ1n) is 15.0. The summed E-state index contributed by atoms with van der Waals surface area (Å²) in [6, 6.07) is 45.9. The number of aromatic nitrogens is 3. The van der Waals surface area contributed by atoms with E-state index in [-0.39, 0.29) is 0 Å². The van der Waals surface area contributed by atoms with E-state index in [4.69, 9.17) is 4.98 Å². The van der Waals surface area contributed by atoms with Crippen LogP contribution in [0.2, 0.25) is 0 Å². The largest absolute Gasteiger partial charge is 0.311 e. The van der Waals surface area contributed by atoms with Crippen molar-refractivity contribution in [3.05, 3.63) is 150 Å². The van der Waals surface area contributed by atoms with E-state index >= 15 is 0 Å². The van der Waals surface area contributed by atoms with E-state index in [0.717, 1.165) is 17.9 Å². The van der Waals surface area contributed by atoms with Crippen molar-refractivity contribution >= 4 is 75.9 Å². The van der Waals surface area contributed by atoms with E-state index in [9.17, 15) is 0 Å². The Morgan fingerprint density at radius 2 is 1.18 bits per heavy atom. The average molecular weight is 580 g/mol. The van der Waals surface area contributed by atoms with Gasteiger partial charge in [-0.25, -0.2) is 4.98 Å². The lowest BCUT2D eigenvalue weighted by molar-refractivity contribution is 0.991. The normalized spacial score (nSPS) is 13.0. The van der Waals surface area contributed by atoms with Crippen LogP contribution in [0.25, 0.3) is 76.0 Å². The van der Waals surface area contributed by atoms with Gasteiger partial charge in [0.25, 0.3) is 0 Å². The van der Waals surface area contributed by atoms with Crippen LogP contribution in [-0.2, 0) is 6.42 Å². The predicted molar refractivity (Wildman–Crippen MR) is 186 cm³/mol. The molecule has 0 bridgehead atoms. The van der Waals surface area contributed by atoms with Gasteiger partial charge in [-0.1, -0.05) is 91.0 Å². The van der Waals surface area contributed by atoms with Gasteiger partial charge in [-0.3, -0.25) is 4.57 Å². The molecule has 0 spiro atoms. The van der Waals surface area contributed by atoms with E-state index in [1.54, 1.807) is 0 Å². The second-order valence-electron chi connectivity index (χ2n) is 11.6. The Morgan fingerprint density at radius 1 is 0.545 bits per heavy atom. The van der Waals surface area contributed by atoms with E-state index in [0.29, 0.717) is 0 Å². The number of rotatable bonds is 3. The molecule has 0 saturated carbocycles. The fourth-order valence-electron chi connectivity index (χ4n) is 7.34. The number of hydrogen-bond acceptors (Lipinski definition) is 2. The minimum Gasteiger partial charge on any atom is -0.311 e. The van der Waals surface area contributed by atoms with Crippen LogP contribution in [0.5, 0.6) is 0 Å². The highest BCUT2D eigenvalue weighted by molar-refractivity contribution is 7.26. The molecule has 0 N–H and O–H groups in total. The molecule has 0 aliphatic heterocycles. The fraction of sp³-hybridized carbons (Fsp3) is 0.0250. The standard InChI is InChI=1S/C40H25N3S/c1-6-17-35-28(10-1)29-11-2-7-18-36(29)43(35)39-21-20-26(24-41-39)42-34-16-5-3-12-30(34)33-22-25(23-37(33)42)27-14-9-15-32-31-13-4-8-19-38(31)44-40(27)32/h1-22,24H,23H2. The van der Waals surface area contributed by atoms with Gasteiger partial charge < -0.3 is 4.57 Å². The number of thiophene rings is 1. The number of fused-ring (bicyclic) bond motifs is 9. The van der Waals surface area contributed by atoms with Gasteiger partial charge in [0.05, 0.1) is 28.4 Å². The third-order valence-corrected chi connectivity index (χ3v) is 10.5. The molecule has 9 aromatic rings. The lowest BCUT2D eigenvalue weighted by atomic mass is 10.0. The molecular weight excluding hydrogens is 555 g/mol. The highest BCUT2D eigenvalue weighted by Crippen LogP contribution is 2.44. The van der Waals surface area contributed by atoms with Gasteiger partial charge in [0.1, 0.15) is 5.82 Å². The number of hydrogen-bond donors (Lipinski definition) is 0. The smallest absolute Gasteiger partial charge is 0.137 e. The Morgan fingerprint density at radius 3 is 1.91 bits per heavy atom. The van der Waals surface area contributed by atoms with Crippen molar-refractivity contribution in [3.63, 3.8) is 0 Å². The molecule has 0 radical (unpaired) electrons. The minimum absolute atomic E-state index is 0.881. The average Bonchev–Trinajstić information content (AvgIpc) is 3.83. The zero-order chi connectivity index (χ0) is 28.8. The number of benzene rings is 5. The van der Waals surface area contributed by atoms with Crippen LogP contribution in [0.15, 0.2) is 134 Å². The molecule has 5 aromatic carbocycles. The van der Waals surface area contributed by atoms with Gasteiger partial charge in [-0.2, -0.15) is 0 Å². The monoisotopic (exact) mass is 579 g/mol. The maximum Gasteiger partial charge on any atom is 0.137 e. The van der Waals surface area contributed by atoms with Crippen molar-refractivity contribution in [3.8, 4) is 11.5 Å². The first kappa shape index (κ1) is 24.0. The molecule has 3 nitrogen and oxygen atoms in total. The first-order chi connectivity index (χ1) is 21.8. The summed E-state index contributed by atoms with van der Waals surface area (Å²) in [5.41, 5.74) is 10.0. The third-order valence-electron chi connectivity index (χ3n) is 9.24. The van der Waals surface area contributed by atoms with Gasteiger partial charge in [0.15, 0.2) is 0 Å². The summed E-state index contributed by atoms with van der Waals surface area (Å²) < 4.78 is 7.41. The highest BCUT2D eigenvalue weighted by Gasteiger charge is 2.25. The van der Waals surface area contributed by atoms with Gasteiger partial charge >= 0.3 is 0 Å².